The SMILES string of the molecule is CCNC(=NCC1CCN(Cc2csc(CC)n2)CC1)N1CCC(N2CCCC2)C1.I. The molecule has 176 valence electrons. The zero-order valence-electron chi connectivity index (χ0n) is 19.4. The molecule has 3 aliphatic heterocycles. The third kappa shape index (κ3) is 7.01. The quantitative estimate of drug-likeness (QED) is 0.314. The summed E-state index contributed by atoms with van der Waals surface area (Å²) in [5.41, 5.74) is 1.25. The summed E-state index contributed by atoms with van der Waals surface area (Å²) in [7, 11) is 0. The van der Waals surface area contributed by atoms with Gasteiger partial charge in [0, 0.05) is 44.1 Å². The molecule has 1 aromatic heterocycles. The Labute approximate surface area is 209 Å². The highest BCUT2D eigenvalue weighted by Crippen LogP contribution is 2.22. The molecule has 1 aromatic rings. The lowest BCUT2D eigenvalue weighted by molar-refractivity contribution is 0.179. The molecule has 4 rings (SSSR count). The third-order valence-corrected chi connectivity index (χ3v) is 7.99. The van der Waals surface area contributed by atoms with Crippen LogP contribution in [0, 0.1) is 5.92 Å². The first kappa shape index (κ1) is 25.2. The van der Waals surface area contributed by atoms with Crippen molar-refractivity contribution in [3.8, 4) is 0 Å². The van der Waals surface area contributed by atoms with Gasteiger partial charge in [-0.05, 0) is 77.5 Å². The van der Waals surface area contributed by atoms with Crippen molar-refractivity contribution in [2.24, 2.45) is 10.9 Å². The van der Waals surface area contributed by atoms with Crippen LogP contribution in [0.2, 0.25) is 0 Å². The van der Waals surface area contributed by atoms with Crippen molar-refractivity contribution in [3.63, 3.8) is 0 Å². The Morgan fingerprint density at radius 3 is 2.58 bits per heavy atom. The summed E-state index contributed by atoms with van der Waals surface area (Å²) in [6.45, 7) is 14.6. The van der Waals surface area contributed by atoms with E-state index in [1.54, 1.807) is 11.3 Å². The fourth-order valence-corrected chi connectivity index (χ4v) is 5.86. The summed E-state index contributed by atoms with van der Waals surface area (Å²) in [5.74, 6) is 1.87. The maximum Gasteiger partial charge on any atom is 0.193 e. The van der Waals surface area contributed by atoms with E-state index in [0.29, 0.717) is 5.92 Å². The van der Waals surface area contributed by atoms with Crippen LogP contribution in [-0.2, 0) is 13.0 Å². The first-order valence-electron chi connectivity index (χ1n) is 12.2. The number of hydrogen-bond donors (Lipinski definition) is 1. The van der Waals surface area contributed by atoms with Crippen LogP contribution < -0.4 is 5.32 Å². The number of nitrogens with zero attached hydrogens (tertiary/aromatic N) is 5. The van der Waals surface area contributed by atoms with Gasteiger partial charge in [-0.1, -0.05) is 6.92 Å². The first-order valence-corrected chi connectivity index (χ1v) is 13.1. The molecule has 1 N–H and O–H groups in total. The highest BCUT2D eigenvalue weighted by molar-refractivity contribution is 14.0. The molecular formula is C23H41IN6S. The average molecular weight is 561 g/mol. The molecule has 1 unspecified atom stereocenters. The number of hydrogen-bond acceptors (Lipinski definition) is 5. The number of likely N-dealkylation sites (tertiary alicyclic amines) is 3. The minimum absolute atomic E-state index is 0. The molecule has 3 saturated heterocycles. The Morgan fingerprint density at radius 1 is 1.13 bits per heavy atom. The molecule has 0 bridgehead atoms. The van der Waals surface area contributed by atoms with Gasteiger partial charge in [-0.3, -0.25) is 14.8 Å². The van der Waals surface area contributed by atoms with Gasteiger partial charge >= 0.3 is 0 Å². The van der Waals surface area contributed by atoms with E-state index in [1.165, 1.54) is 69.0 Å². The number of halogens is 1. The summed E-state index contributed by atoms with van der Waals surface area (Å²) in [4.78, 5) is 17.6. The molecule has 0 aliphatic carbocycles. The van der Waals surface area contributed by atoms with E-state index in [0.717, 1.165) is 51.1 Å². The van der Waals surface area contributed by atoms with E-state index < -0.39 is 0 Å². The van der Waals surface area contributed by atoms with Crippen LogP contribution in [0.3, 0.4) is 0 Å². The molecule has 0 spiro atoms. The van der Waals surface area contributed by atoms with Crippen molar-refractivity contribution >= 4 is 41.3 Å². The minimum Gasteiger partial charge on any atom is -0.357 e. The standard InChI is InChI=1S/C23H40N6S.HI/c1-3-22-26-20(18-30-22)16-27-12-7-19(8-13-27)15-25-23(24-4-2)29-14-9-21(17-29)28-10-5-6-11-28;/h18-19,21H,3-17H2,1-2H3,(H,24,25);1H. The lowest BCUT2D eigenvalue weighted by Gasteiger charge is -2.31. The molecule has 6 nitrogen and oxygen atoms in total. The second-order valence-corrected chi connectivity index (χ2v) is 10.1. The predicted molar refractivity (Wildman–Crippen MR) is 142 cm³/mol. The van der Waals surface area contributed by atoms with Crippen molar-refractivity contribution in [2.45, 2.75) is 65.0 Å². The Bertz CT molecular complexity index is 681. The summed E-state index contributed by atoms with van der Waals surface area (Å²) in [6.07, 6.45) is 7.61. The maximum atomic E-state index is 5.09. The zero-order chi connectivity index (χ0) is 20.8. The lowest BCUT2D eigenvalue weighted by Crippen LogP contribution is -2.43. The highest BCUT2D eigenvalue weighted by atomic mass is 127. The molecule has 3 fully saturated rings. The van der Waals surface area contributed by atoms with Gasteiger partial charge in [0.05, 0.1) is 10.7 Å². The second kappa shape index (κ2) is 12.7. The molecule has 8 heteroatoms. The number of piperidine rings is 1. The third-order valence-electron chi connectivity index (χ3n) is 6.95. The summed E-state index contributed by atoms with van der Waals surface area (Å²) in [6, 6.07) is 0.735. The van der Waals surface area contributed by atoms with Crippen molar-refractivity contribution in [3.05, 3.63) is 16.1 Å². The van der Waals surface area contributed by atoms with E-state index in [-0.39, 0.29) is 24.0 Å². The molecule has 0 aromatic carbocycles. The van der Waals surface area contributed by atoms with Crippen LogP contribution in [0.25, 0.3) is 0 Å². The molecule has 4 heterocycles. The molecule has 1 atom stereocenters. The Kier molecular flexibility index (Phi) is 10.3. The van der Waals surface area contributed by atoms with Crippen molar-refractivity contribution in [1.82, 2.24) is 25.0 Å². The molecule has 0 saturated carbocycles. The Morgan fingerprint density at radius 2 is 1.90 bits per heavy atom. The van der Waals surface area contributed by atoms with Gasteiger partial charge in [0.15, 0.2) is 5.96 Å². The lowest BCUT2D eigenvalue weighted by atomic mass is 9.97. The van der Waals surface area contributed by atoms with Crippen molar-refractivity contribution in [2.75, 3.05) is 52.4 Å². The van der Waals surface area contributed by atoms with Gasteiger partial charge in [-0.2, -0.15) is 0 Å². The van der Waals surface area contributed by atoms with E-state index in [1.807, 2.05) is 0 Å². The Balaban J connectivity index is 0.00000272. The van der Waals surface area contributed by atoms with E-state index in [9.17, 15) is 0 Å². The molecular weight excluding hydrogens is 519 g/mol. The first-order chi connectivity index (χ1) is 14.7. The number of thiazole rings is 1. The summed E-state index contributed by atoms with van der Waals surface area (Å²) in [5, 5.41) is 7.07. The zero-order valence-corrected chi connectivity index (χ0v) is 22.5. The van der Waals surface area contributed by atoms with Crippen LogP contribution in [0.4, 0.5) is 0 Å². The van der Waals surface area contributed by atoms with E-state index in [2.05, 4.69) is 39.2 Å². The smallest absolute Gasteiger partial charge is 0.193 e. The van der Waals surface area contributed by atoms with E-state index in [4.69, 9.17) is 9.98 Å². The molecule has 0 radical (unpaired) electrons. The van der Waals surface area contributed by atoms with Gasteiger partial charge in [0.25, 0.3) is 0 Å². The maximum absolute atomic E-state index is 5.09. The topological polar surface area (TPSA) is 47.0 Å². The van der Waals surface area contributed by atoms with Gasteiger partial charge in [0.1, 0.15) is 0 Å². The summed E-state index contributed by atoms with van der Waals surface area (Å²) >= 11 is 1.80. The monoisotopic (exact) mass is 560 g/mol. The summed E-state index contributed by atoms with van der Waals surface area (Å²) < 4.78 is 0. The average Bonchev–Trinajstić information content (AvgIpc) is 3.53. The second-order valence-electron chi connectivity index (χ2n) is 9.13. The van der Waals surface area contributed by atoms with Crippen LogP contribution in [0.5, 0.6) is 0 Å². The normalized spacial score (nSPS) is 24.0. The van der Waals surface area contributed by atoms with Crippen LogP contribution in [0.1, 0.15) is 56.7 Å². The van der Waals surface area contributed by atoms with Crippen molar-refractivity contribution < 1.29 is 0 Å². The van der Waals surface area contributed by atoms with E-state index >= 15 is 0 Å². The van der Waals surface area contributed by atoms with Crippen LogP contribution in [-0.4, -0.2) is 84.0 Å². The number of aromatic nitrogens is 1. The fraction of sp³-hybridized carbons (Fsp3) is 0.826. The van der Waals surface area contributed by atoms with Gasteiger partial charge < -0.3 is 10.2 Å². The van der Waals surface area contributed by atoms with Gasteiger partial charge in [-0.25, -0.2) is 4.98 Å². The van der Waals surface area contributed by atoms with Crippen LogP contribution in [0.15, 0.2) is 10.4 Å². The Hall–Kier alpha value is -0.450. The number of aliphatic imine (C=N–C) groups is 1. The largest absolute Gasteiger partial charge is 0.357 e. The minimum atomic E-state index is 0. The van der Waals surface area contributed by atoms with Gasteiger partial charge in [0.2, 0.25) is 0 Å². The molecule has 3 aliphatic rings. The fourth-order valence-electron chi connectivity index (χ4n) is 5.12. The van der Waals surface area contributed by atoms with Crippen molar-refractivity contribution in [1.29, 1.82) is 0 Å². The van der Waals surface area contributed by atoms with Crippen LogP contribution >= 0.6 is 35.3 Å². The molecule has 31 heavy (non-hydrogen) atoms. The predicted octanol–water partition coefficient (Wildman–Crippen LogP) is 3.67. The highest BCUT2D eigenvalue weighted by Gasteiger charge is 2.31. The number of rotatable bonds is 7. The van der Waals surface area contributed by atoms with Gasteiger partial charge in [-0.15, -0.1) is 35.3 Å². The number of guanidine groups is 1. The molecule has 0 amide bonds. The number of aryl methyl sites for hydroxylation is 1. The number of nitrogens with one attached hydrogen (secondary N) is 1.